The SMILES string of the molecule is C=CC(=O)OC.C=CN1CCCC1=O. The molecule has 0 saturated carbocycles. The first-order valence-electron chi connectivity index (χ1n) is 4.28. The van der Waals surface area contributed by atoms with Crippen LogP contribution in [0.3, 0.4) is 0 Å². The van der Waals surface area contributed by atoms with E-state index in [1.807, 2.05) is 0 Å². The van der Waals surface area contributed by atoms with E-state index in [9.17, 15) is 9.59 Å². The van der Waals surface area contributed by atoms with Crippen molar-refractivity contribution in [2.24, 2.45) is 0 Å². The quantitative estimate of drug-likeness (QED) is 0.492. The molecule has 0 radical (unpaired) electrons. The number of methoxy groups -OCH3 is 1. The Bertz CT molecular complexity index is 236. The van der Waals surface area contributed by atoms with Gasteiger partial charge in [0.1, 0.15) is 0 Å². The van der Waals surface area contributed by atoms with E-state index in [4.69, 9.17) is 0 Å². The minimum absolute atomic E-state index is 0.208. The Hall–Kier alpha value is -1.58. The monoisotopic (exact) mass is 197 g/mol. The number of amides is 1. The molecular weight excluding hydrogens is 182 g/mol. The van der Waals surface area contributed by atoms with Crippen molar-refractivity contribution in [2.75, 3.05) is 13.7 Å². The van der Waals surface area contributed by atoms with Crippen LogP contribution < -0.4 is 0 Å². The molecule has 0 aliphatic carbocycles. The zero-order chi connectivity index (χ0) is 11.0. The highest BCUT2D eigenvalue weighted by Crippen LogP contribution is 2.08. The first kappa shape index (κ1) is 12.4. The summed E-state index contributed by atoms with van der Waals surface area (Å²) in [7, 11) is 1.31. The summed E-state index contributed by atoms with van der Waals surface area (Å²) in [6.45, 7) is 7.52. The van der Waals surface area contributed by atoms with Crippen molar-refractivity contribution in [3.05, 3.63) is 25.4 Å². The van der Waals surface area contributed by atoms with Crippen LogP contribution >= 0.6 is 0 Å². The fraction of sp³-hybridized carbons (Fsp3) is 0.400. The van der Waals surface area contributed by atoms with Crippen LogP contribution in [0.25, 0.3) is 0 Å². The maximum absolute atomic E-state index is 10.7. The Morgan fingerprint density at radius 2 is 2.21 bits per heavy atom. The van der Waals surface area contributed by atoms with E-state index in [2.05, 4.69) is 17.9 Å². The number of hydrogen-bond donors (Lipinski definition) is 0. The van der Waals surface area contributed by atoms with Gasteiger partial charge in [-0.3, -0.25) is 4.79 Å². The van der Waals surface area contributed by atoms with Crippen molar-refractivity contribution >= 4 is 11.9 Å². The Balaban J connectivity index is 0.000000255. The minimum atomic E-state index is -0.394. The molecule has 0 aromatic rings. The largest absolute Gasteiger partial charge is 0.466 e. The van der Waals surface area contributed by atoms with Gasteiger partial charge in [-0.05, 0) is 12.6 Å². The number of likely N-dealkylation sites (tertiary alicyclic amines) is 1. The van der Waals surface area contributed by atoms with Crippen LogP contribution in [-0.4, -0.2) is 30.4 Å². The van der Waals surface area contributed by atoms with Gasteiger partial charge in [0.25, 0.3) is 0 Å². The average Bonchev–Trinajstić information content (AvgIpc) is 2.63. The van der Waals surface area contributed by atoms with Gasteiger partial charge in [-0.2, -0.15) is 0 Å². The lowest BCUT2D eigenvalue weighted by molar-refractivity contribution is -0.134. The van der Waals surface area contributed by atoms with Crippen LogP contribution in [-0.2, 0) is 14.3 Å². The Kier molecular flexibility index (Phi) is 6.11. The third kappa shape index (κ3) is 4.45. The van der Waals surface area contributed by atoms with Gasteiger partial charge in [0.2, 0.25) is 5.91 Å². The first-order valence-corrected chi connectivity index (χ1v) is 4.28. The molecule has 14 heavy (non-hydrogen) atoms. The van der Waals surface area contributed by atoms with Gasteiger partial charge in [-0.25, -0.2) is 4.79 Å². The summed E-state index contributed by atoms with van der Waals surface area (Å²) in [6, 6.07) is 0. The highest BCUT2D eigenvalue weighted by molar-refractivity contribution is 5.80. The van der Waals surface area contributed by atoms with E-state index >= 15 is 0 Å². The smallest absolute Gasteiger partial charge is 0.329 e. The molecule has 0 N–H and O–H groups in total. The third-order valence-corrected chi connectivity index (χ3v) is 1.70. The van der Waals surface area contributed by atoms with Crippen LogP contribution in [0.2, 0.25) is 0 Å². The Morgan fingerprint density at radius 3 is 2.36 bits per heavy atom. The van der Waals surface area contributed by atoms with Crippen LogP contribution in [0.1, 0.15) is 12.8 Å². The average molecular weight is 197 g/mol. The maximum atomic E-state index is 10.7. The third-order valence-electron chi connectivity index (χ3n) is 1.70. The topological polar surface area (TPSA) is 46.6 Å². The van der Waals surface area contributed by atoms with Crippen LogP contribution in [0.4, 0.5) is 0 Å². The first-order chi connectivity index (χ1) is 6.65. The van der Waals surface area contributed by atoms with Gasteiger partial charge in [0.05, 0.1) is 7.11 Å². The van der Waals surface area contributed by atoms with Crippen molar-refractivity contribution in [2.45, 2.75) is 12.8 Å². The summed E-state index contributed by atoms with van der Waals surface area (Å²) in [4.78, 5) is 22.2. The van der Waals surface area contributed by atoms with Crippen molar-refractivity contribution < 1.29 is 14.3 Å². The normalized spacial score (nSPS) is 14.1. The molecule has 1 fully saturated rings. The second kappa shape index (κ2) is 6.88. The molecule has 1 aliphatic heterocycles. The summed E-state index contributed by atoms with van der Waals surface area (Å²) in [5.74, 6) is -0.185. The molecule has 1 saturated heterocycles. The van der Waals surface area contributed by atoms with E-state index in [1.165, 1.54) is 7.11 Å². The van der Waals surface area contributed by atoms with E-state index in [0.717, 1.165) is 19.0 Å². The molecule has 0 aromatic heterocycles. The molecule has 0 aromatic carbocycles. The van der Waals surface area contributed by atoms with E-state index in [1.54, 1.807) is 11.1 Å². The standard InChI is InChI=1S/C6H9NO.C4H6O2/c1-2-7-5-3-4-6(7)8;1-3-4(5)6-2/h2H,1,3-5H2;3H,1H2,2H3. The molecule has 0 atom stereocenters. The summed E-state index contributed by atoms with van der Waals surface area (Å²) in [5.41, 5.74) is 0. The number of hydrogen-bond acceptors (Lipinski definition) is 3. The summed E-state index contributed by atoms with van der Waals surface area (Å²) < 4.78 is 4.14. The second-order valence-electron chi connectivity index (χ2n) is 2.60. The lowest BCUT2D eigenvalue weighted by Crippen LogP contribution is -2.16. The highest BCUT2D eigenvalue weighted by atomic mass is 16.5. The summed E-state index contributed by atoms with van der Waals surface area (Å²) >= 11 is 0. The molecule has 0 spiro atoms. The van der Waals surface area contributed by atoms with Crippen molar-refractivity contribution in [1.29, 1.82) is 0 Å². The van der Waals surface area contributed by atoms with Crippen molar-refractivity contribution in [3.63, 3.8) is 0 Å². The number of esters is 1. The van der Waals surface area contributed by atoms with Crippen molar-refractivity contribution in [3.8, 4) is 0 Å². The number of ether oxygens (including phenoxy) is 1. The van der Waals surface area contributed by atoms with Crippen LogP contribution in [0.15, 0.2) is 25.4 Å². The number of rotatable bonds is 2. The van der Waals surface area contributed by atoms with Gasteiger partial charge in [-0.1, -0.05) is 13.2 Å². The molecule has 1 heterocycles. The van der Waals surface area contributed by atoms with E-state index in [-0.39, 0.29) is 5.91 Å². The molecular formula is C10H15NO3. The number of nitrogens with zero attached hydrogens (tertiary/aromatic N) is 1. The minimum Gasteiger partial charge on any atom is -0.466 e. The highest BCUT2D eigenvalue weighted by Gasteiger charge is 2.15. The van der Waals surface area contributed by atoms with Gasteiger partial charge >= 0.3 is 5.97 Å². The predicted molar refractivity (Wildman–Crippen MR) is 53.4 cm³/mol. The van der Waals surface area contributed by atoms with Gasteiger partial charge in [0.15, 0.2) is 0 Å². The molecule has 4 heteroatoms. The zero-order valence-corrected chi connectivity index (χ0v) is 8.36. The fourth-order valence-electron chi connectivity index (χ4n) is 0.945. The number of carbonyl (C=O) groups excluding carboxylic acids is 2. The fourth-order valence-corrected chi connectivity index (χ4v) is 0.945. The zero-order valence-electron chi connectivity index (χ0n) is 8.36. The maximum Gasteiger partial charge on any atom is 0.329 e. The molecule has 0 bridgehead atoms. The molecule has 1 aliphatic rings. The van der Waals surface area contributed by atoms with Gasteiger partial charge < -0.3 is 9.64 Å². The van der Waals surface area contributed by atoms with Crippen molar-refractivity contribution in [1.82, 2.24) is 4.90 Å². The lowest BCUT2D eigenvalue weighted by atomic mass is 10.4. The summed E-state index contributed by atoms with van der Waals surface area (Å²) in [6.07, 6.45) is 4.40. The Labute approximate surface area is 83.8 Å². The predicted octanol–water partition coefficient (Wildman–Crippen LogP) is 1.10. The Morgan fingerprint density at radius 1 is 1.57 bits per heavy atom. The molecule has 1 rings (SSSR count). The summed E-state index contributed by atoms with van der Waals surface area (Å²) in [5, 5.41) is 0. The van der Waals surface area contributed by atoms with E-state index < -0.39 is 5.97 Å². The lowest BCUT2D eigenvalue weighted by Gasteiger charge is -2.05. The number of carbonyl (C=O) groups is 2. The molecule has 78 valence electrons. The molecule has 4 nitrogen and oxygen atoms in total. The molecule has 1 amide bonds. The second-order valence-corrected chi connectivity index (χ2v) is 2.60. The van der Waals surface area contributed by atoms with E-state index in [0.29, 0.717) is 6.42 Å². The van der Waals surface area contributed by atoms with Crippen LogP contribution in [0, 0.1) is 0 Å². The van der Waals surface area contributed by atoms with Crippen LogP contribution in [0.5, 0.6) is 0 Å². The van der Waals surface area contributed by atoms with Gasteiger partial charge in [0, 0.05) is 19.0 Å². The molecule has 0 unspecified atom stereocenters. The van der Waals surface area contributed by atoms with Gasteiger partial charge in [-0.15, -0.1) is 0 Å².